The summed E-state index contributed by atoms with van der Waals surface area (Å²) in [6, 6.07) is 7.27. The lowest BCUT2D eigenvalue weighted by molar-refractivity contribution is -0.125. The fraction of sp³-hybridized carbons (Fsp3) is 0.214. The molecule has 0 spiro atoms. The van der Waals surface area contributed by atoms with Gasteiger partial charge >= 0.3 is 0 Å². The molecule has 0 fully saturated rings. The molecule has 0 atom stereocenters. The minimum Gasteiger partial charge on any atom is -0.335 e. The van der Waals surface area contributed by atoms with Crippen molar-refractivity contribution < 1.29 is 4.79 Å². The van der Waals surface area contributed by atoms with Gasteiger partial charge in [0.1, 0.15) is 5.82 Å². The van der Waals surface area contributed by atoms with E-state index in [0.29, 0.717) is 17.4 Å². The average Bonchev–Trinajstić information content (AvgIpc) is 2.83. The van der Waals surface area contributed by atoms with Crippen LogP contribution in [0, 0.1) is 6.92 Å². The molecule has 1 heterocycles. The van der Waals surface area contributed by atoms with E-state index in [-0.39, 0.29) is 5.91 Å². The molecule has 0 saturated heterocycles. The monoisotopic (exact) mass is 290 g/mol. The molecule has 1 aromatic heterocycles. The maximum atomic E-state index is 11.9. The molecule has 1 aromatic carbocycles. The first-order valence-electron chi connectivity index (χ1n) is 6.11. The van der Waals surface area contributed by atoms with E-state index in [2.05, 4.69) is 15.2 Å². The van der Waals surface area contributed by atoms with E-state index < -0.39 is 0 Å². The number of benzene rings is 1. The van der Waals surface area contributed by atoms with E-state index in [4.69, 9.17) is 11.6 Å². The first kappa shape index (κ1) is 14.3. The normalized spacial score (nSPS) is 10.9. The van der Waals surface area contributed by atoms with Crippen LogP contribution in [0.4, 0.5) is 0 Å². The molecule has 0 aliphatic carbocycles. The second-order valence-electron chi connectivity index (χ2n) is 4.42. The fourth-order valence-corrected chi connectivity index (χ4v) is 1.74. The summed E-state index contributed by atoms with van der Waals surface area (Å²) in [5.74, 6) is 1.22. The number of carbonyl (C=O) groups is 1. The molecular weight excluding hydrogens is 276 g/mol. The molecule has 0 aliphatic rings. The molecule has 20 heavy (non-hydrogen) atoms. The lowest BCUT2D eigenvalue weighted by Crippen LogP contribution is -2.24. The molecule has 6 heteroatoms. The van der Waals surface area contributed by atoms with Crippen molar-refractivity contribution in [1.82, 2.24) is 20.1 Å². The van der Waals surface area contributed by atoms with Gasteiger partial charge in [0.05, 0.1) is 6.54 Å². The van der Waals surface area contributed by atoms with Gasteiger partial charge < -0.3 is 4.90 Å². The van der Waals surface area contributed by atoms with Gasteiger partial charge in [0, 0.05) is 18.1 Å². The third-order valence-corrected chi connectivity index (χ3v) is 2.94. The van der Waals surface area contributed by atoms with Gasteiger partial charge in [0.2, 0.25) is 5.91 Å². The minimum atomic E-state index is -0.109. The van der Waals surface area contributed by atoms with Crippen molar-refractivity contribution in [2.24, 2.45) is 0 Å². The van der Waals surface area contributed by atoms with Crippen molar-refractivity contribution in [1.29, 1.82) is 0 Å². The number of carbonyl (C=O) groups excluding carboxylic acids is 1. The van der Waals surface area contributed by atoms with Crippen molar-refractivity contribution in [3.8, 4) is 0 Å². The molecule has 0 unspecified atom stereocenters. The highest BCUT2D eigenvalue weighted by molar-refractivity contribution is 6.30. The van der Waals surface area contributed by atoms with Crippen LogP contribution >= 0.6 is 11.6 Å². The lowest BCUT2D eigenvalue weighted by Gasteiger charge is -2.12. The van der Waals surface area contributed by atoms with Crippen LogP contribution in [-0.2, 0) is 11.3 Å². The second-order valence-corrected chi connectivity index (χ2v) is 4.85. The van der Waals surface area contributed by atoms with E-state index in [1.165, 1.54) is 6.08 Å². The molecule has 5 nitrogen and oxygen atoms in total. The number of likely N-dealkylation sites (N-methyl/N-ethyl adjacent to an activating group) is 1. The van der Waals surface area contributed by atoms with E-state index in [9.17, 15) is 4.79 Å². The van der Waals surface area contributed by atoms with Crippen LogP contribution in [0.5, 0.6) is 0 Å². The van der Waals surface area contributed by atoms with Crippen molar-refractivity contribution in [3.63, 3.8) is 0 Å². The van der Waals surface area contributed by atoms with Gasteiger partial charge in [-0.1, -0.05) is 23.7 Å². The zero-order valence-corrected chi connectivity index (χ0v) is 12.1. The molecule has 1 N–H and O–H groups in total. The largest absolute Gasteiger partial charge is 0.335 e. The van der Waals surface area contributed by atoms with Crippen molar-refractivity contribution in [3.05, 3.63) is 52.6 Å². The van der Waals surface area contributed by atoms with Gasteiger partial charge in [-0.25, -0.2) is 4.98 Å². The Kier molecular flexibility index (Phi) is 4.53. The molecule has 0 saturated carbocycles. The number of aromatic amines is 1. The Morgan fingerprint density at radius 1 is 1.40 bits per heavy atom. The number of aromatic nitrogens is 3. The summed E-state index contributed by atoms with van der Waals surface area (Å²) in [5, 5.41) is 7.42. The van der Waals surface area contributed by atoms with Crippen molar-refractivity contribution in [2.45, 2.75) is 13.5 Å². The quantitative estimate of drug-likeness (QED) is 0.880. The maximum Gasteiger partial charge on any atom is 0.246 e. The standard InChI is InChI=1S/C14H15ClN4O/c1-10-16-13(18-17-10)9-19(2)14(20)8-5-11-3-6-12(15)7-4-11/h3-8H,9H2,1-2H3,(H,16,17,18). The summed E-state index contributed by atoms with van der Waals surface area (Å²) < 4.78 is 0. The summed E-state index contributed by atoms with van der Waals surface area (Å²) in [6.45, 7) is 2.19. The van der Waals surface area contributed by atoms with Gasteiger partial charge in [0.25, 0.3) is 0 Å². The van der Waals surface area contributed by atoms with E-state index in [1.807, 2.05) is 19.1 Å². The van der Waals surface area contributed by atoms with Crippen LogP contribution in [0.3, 0.4) is 0 Å². The molecule has 2 aromatic rings. The SMILES string of the molecule is Cc1nc(CN(C)C(=O)C=Cc2ccc(Cl)cc2)n[nH]1. The number of H-pyrrole nitrogens is 1. The maximum absolute atomic E-state index is 11.9. The van der Waals surface area contributed by atoms with Gasteiger partial charge in [-0.2, -0.15) is 5.10 Å². The number of aryl methyl sites for hydroxylation is 1. The average molecular weight is 291 g/mol. The summed E-state index contributed by atoms with van der Waals surface area (Å²) >= 11 is 5.80. The molecule has 1 amide bonds. The first-order chi connectivity index (χ1) is 9.54. The Bertz CT molecular complexity index is 618. The third kappa shape index (κ3) is 3.93. The summed E-state index contributed by atoms with van der Waals surface area (Å²) in [7, 11) is 1.71. The van der Waals surface area contributed by atoms with Gasteiger partial charge in [-0.3, -0.25) is 9.89 Å². The number of rotatable bonds is 4. The number of halogens is 1. The smallest absolute Gasteiger partial charge is 0.246 e. The van der Waals surface area contributed by atoms with E-state index in [0.717, 1.165) is 11.4 Å². The third-order valence-electron chi connectivity index (χ3n) is 2.69. The van der Waals surface area contributed by atoms with Crippen molar-refractivity contribution in [2.75, 3.05) is 7.05 Å². The summed E-state index contributed by atoms with van der Waals surface area (Å²) in [4.78, 5) is 17.7. The van der Waals surface area contributed by atoms with E-state index in [1.54, 1.807) is 30.2 Å². The van der Waals surface area contributed by atoms with Crippen LogP contribution < -0.4 is 0 Å². The highest BCUT2D eigenvalue weighted by Gasteiger charge is 2.08. The Hall–Kier alpha value is -2.14. The highest BCUT2D eigenvalue weighted by atomic mass is 35.5. The van der Waals surface area contributed by atoms with E-state index >= 15 is 0 Å². The predicted octanol–water partition coefficient (Wildman–Crippen LogP) is 2.44. The number of hydrogen-bond acceptors (Lipinski definition) is 3. The molecule has 2 rings (SSSR count). The second kappa shape index (κ2) is 6.34. The van der Waals surface area contributed by atoms with Gasteiger partial charge in [0.15, 0.2) is 5.82 Å². The van der Waals surface area contributed by atoms with Crippen LogP contribution in [-0.4, -0.2) is 33.0 Å². The topological polar surface area (TPSA) is 61.9 Å². The number of nitrogens with one attached hydrogen (secondary N) is 1. The summed E-state index contributed by atoms with van der Waals surface area (Å²) in [6.07, 6.45) is 3.27. The van der Waals surface area contributed by atoms with Crippen LogP contribution in [0.1, 0.15) is 17.2 Å². The highest BCUT2D eigenvalue weighted by Crippen LogP contribution is 2.10. The Morgan fingerprint density at radius 2 is 2.10 bits per heavy atom. The van der Waals surface area contributed by atoms with Crippen LogP contribution in [0.25, 0.3) is 6.08 Å². The minimum absolute atomic E-state index is 0.109. The Morgan fingerprint density at radius 3 is 2.70 bits per heavy atom. The Labute approximate surface area is 122 Å². The summed E-state index contributed by atoms with van der Waals surface area (Å²) in [5.41, 5.74) is 0.921. The zero-order chi connectivity index (χ0) is 14.5. The molecule has 104 valence electrons. The molecule has 0 aliphatic heterocycles. The van der Waals surface area contributed by atoms with Gasteiger partial charge in [-0.05, 0) is 30.7 Å². The first-order valence-corrected chi connectivity index (χ1v) is 6.49. The fourth-order valence-electron chi connectivity index (χ4n) is 1.62. The number of hydrogen-bond donors (Lipinski definition) is 1. The van der Waals surface area contributed by atoms with Crippen molar-refractivity contribution >= 4 is 23.6 Å². The molecule has 0 radical (unpaired) electrons. The predicted molar refractivity (Wildman–Crippen MR) is 78.1 cm³/mol. The molecular formula is C14H15ClN4O. The molecule has 0 bridgehead atoms. The lowest BCUT2D eigenvalue weighted by atomic mass is 10.2. The number of nitrogens with zero attached hydrogens (tertiary/aromatic N) is 3. The Balaban J connectivity index is 1.95. The van der Waals surface area contributed by atoms with Crippen LogP contribution in [0.15, 0.2) is 30.3 Å². The number of amides is 1. The van der Waals surface area contributed by atoms with Gasteiger partial charge in [-0.15, -0.1) is 0 Å². The van der Waals surface area contributed by atoms with Crippen LogP contribution in [0.2, 0.25) is 5.02 Å². The zero-order valence-electron chi connectivity index (χ0n) is 11.3.